The first-order chi connectivity index (χ1) is 17.4. The van der Waals surface area contributed by atoms with E-state index in [0.29, 0.717) is 56.6 Å². The highest BCUT2D eigenvalue weighted by Crippen LogP contribution is 2.22. The Morgan fingerprint density at radius 2 is 1.94 bits per heavy atom. The lowest BCUT2D eigenvalue weighted by Gasteiger charge is -2.33. The number of benzene rings is 1. The number of amidine groups is 1. The summed E-state index contributed by atoms with van der Waals surface area (Å²) in [5.41, 5.74) is 7.01. The van der Waals surface area contributed by atoms with Crippen LogP contribution < -0.4 is 21.3 Å². The summed E-state index contributed by atoms with van der Waals surface area (Å²) in [6.07, 6.45) is 1.40. The number of nitrogens with zero attached hydrogens (tertiary/aromatic N) is 6. The molecule has 0 radical (unpaired) electrons. The fourth-order valence-corrected chi connectivity index (χ4v) is 4.13. The van der Waals surface area contributed by atoms with E-state index in [9.17, 15) is 9.59 Å². The average Bonchev–Trinajstić information content (AvgIpc) is 2.89. The highest BCUT2D eigenvalue weighted by atomic mass is 16.5. The van der Waals surface area contributed by atoms with Crippen LogP contribution in [0.4, 0.5) is 17.5 Å². The largest absolute Gasteiger partial charge is 0.382 e. The first-order valence-electron chi connectivity index (χ1n) is 11.7. The summed E-state index contributed by atoms with van der Waals surface area (Å²) in [6, 6.07) is 8.66. The maximum absolute atomic E-state index is 12.7. The summed E-state index contributed by atoms with van der Waals surface area (Å²) in [7, 11) is 0. The van der Waals surface area contributed by atoms with E-state index in [0.717, 1.165) is 12.8 Å². The Hall–Kier alpha value is -4.31. The lowest BCUT2D eigenvalue weighted by atomic mass is 10.1. The molecule has 2 saturated heterocycles. The second-order valence-electron chi connectivity index (χ2n) is 8.52. The highest BCUT2D eigenvalue weighted by molar-refractivity contribution is 5.98. The van der Waals surface area contributed by atoms with Crippen LogP contribution in [0.25, 0.3) is 0 Å². The number of hydrogen-bond acceptors (Lipinski definition) is 10. The van der Waals surface area contributed by atoms with Gasteiger partial charge in [0.15, 0.2) is 11.5 Å². The number of ether oxygens (including phenoxy) is 1. The van der Waals surface area contributed by atoms with E-state index in [2.05, 4.69) is 25.8 Å². The molecule has 2 aliphatic heterocycles. The molecule has 36 heavy (non-hydrogen) atoms. The Morgan fingerprint density at radius 1 is 1.19 bits per heavy atom. The fraction of sp³-hybridized carbons (Fsp3) is 0.435. The molecule has 1 atom stereocenters. The molecule has 2 fully saturated rings. The van der Waals surface area contributed by atoms with Crippen LogP contribution in [0.15, 0.2) is 24.3 Å². The molecule has 0 unspecified atom stereocenters. The van der Waals surface area contributed by atoms with Gasteiger partial charge in [0.25, 0.3) is 5.91 Å². The first kappa shape index (κ1) is 24.8. The molecule has 0 aliphatic carbocycles. The van der Waals surface area contributed by atoms with Crippen molar-refractivity contribution in [2.24, 2.45) is 5.73 Å². The summed E-state index contributed by atoms with van der Waals surface area (Å²) in [5, 5.41) is 30.8. The second kappa shape index (κ2) is 11.4. The van der Waals surface area contributed by atoms with Crippen molar-refractivity contribution >= 4 is 35.1 Å². The summed E-state index contributed by atoms with van der Waals surface area (Å²) in [5.74, 6) is -0.0605. The number of anilines is 3. The van der Waals surface area contributed by atoms with Gasteiger partial charge in [-0.1, -0.05) is 0 Å². The molecule has 188 valence electrons. The number of nitrogens with one attached hydrogen (secondary N) is 3. The second-order valence-corrected chi connectivity index (χ2v) is 8.52. The number of nitriles is 1. The maximum Gasteiger partial charge on any atom is 0.254 e. The van der Waals surface area contributed by atoms with E-state index in [1.165, 1.54) is 0 Å². The Kier molecular flexibility index (Phi) is 7.86. The highest BCUT2D eigenvalue weighted by Gasteiger charge is 2.25. The molecule has 13 nitrogen and oxygen atoms in total. The van der Waals surface area contributed by atoms with E-state index in [4.69, 9.17) is 21.1 Å². The van der Waals surface area contributed by atoms with Gasteiger partial charge in [-0.25, -0.2) is 0 Å². The molecule has 0 spiro atoms. The summed E-state index contributed by atoms with van der Waals surface area (Å²) in [4.78, 5) is 32.7. The van der Waals surface area contributed by atoms with Gasteiger partial charge in [0.05, 0.1) is 19.3 Å². The van der Waals surface area contributed by atoms with Crippen molar-refractivity contribution in [1.29, 1.82) is 10.7 Å². The Morgan fingerprint density at radius 3 is 2.64 bits per heavy atom. The zero-order valence-corrected chi connectivity index (χ0v) is 19.7. The lowest BCUT2D eigenvalue weighted by molar-refractivity contribution is -0.120. The fourth-order valence-electron chi connectivity index (χ4n) is 4.13. The van der Waals surface area contributed by atoms with Gasteiger partial charge in [0.1, 0.15) is 12.3 Å². The van der Waals surface area contributed by atoms with Gasteiger partial charge in [-0.15, -0.1) is 10.2 Å². The van der Waals surface area contributed by atoms with E-state index in [-0.39, 0.29) is 41.6 Å². The van der Waals surface area contributed by atoms with Gasteiger partial charge in [0, 0.05) is 43.5 Å². The quantitative estimate of drug-likeness (QED) is 0.311. The van der Waals surface area contributed by atoms with Crippen LogP contribution in [0.2, 0.25) is 0 Å². The van der Waals surface area contributed by atoms with Crippen LogP contribution in [0.1, 0.15) is 35.3 Å². The molecular formula is C23H28N10O3. The minimum absolute atomic E-state index is 0.0539. The van der Waals surface area contributed by atoms with Crippen LogP contribution in [-0.4, -0.2) is 83.2 Å². The number of piperidine rings is 1. The molecule has 2 amide bonds. The minimum atomic E-state index is -0.312. The number of carbonyl (C=O) groups is 2. The van der Waals surface area contributed by atoms with Crippen LogP contribution >= 0.6 is 0 Å². The molecule has 2 aromatic rings. The molecule has 2 aliphatic rings. The average molecular weight is 493 g/mol. The Bertz CT molecular complexity index is 1160. The standard InChI is InChI=1S/C23H28N10O3/c24-8-7-18(34)27-17-2-1-9-33(14-17)23-29-21(19(20(25)26)30-31-23)28-16-5-3-15(4-6-16)22(35)32-10-12-36-13-11-32/h3-6,17H,1-2,7,9-14H2,(H3,25,26)(H,27,34)(H,28,29,31)/t17-/m1/s1. The molecule has 1 aromatic carbocycles. The third kappa shape index (κ3) is 6.02. The Balaban J connectivity index is 1.48. The molecule has 0 saturated carbocycles. The SMILES string of the molecule is N#CCC(=O)N[C@@H]1CCCN(c2nnc(C(=N)N)c(Nc3ccc(C(=O)N4CCOCC4)cc3)n2)C1. The van der Waals surface area contributed by atoms with Crippen molar-refractivity contribution in [2.75, 3.05) is 49.6 Å². The van der Waals surface area contributed by atoms with Crippen LogP contribution in [0, 0.1) is 16.7 Å². The van der Waals surface area contributed by atoms with Crippen molar-refractivity contribution < 1.29 is 14.3 Å². The third-order valence-electron chi connectivity index (χ3n) is 5.93. The van der Waals surface area contributed by atoms with E-state index >= 15 is 0 Å². The van der Waals surface area contributed by atoms with E-state index in [1.807, 2.05) is 11.0 Å². The number of amides is 2. The number of nitrogens with two attached hydrogens (primary N) is 1. The van der Waals surface area contributed by atoms with Gasteiger partial charge in [-0.05, 0) is 37.1 Å². The van der Waals surface area contributed by atoms with Crippen molar-refractivity contribution in [2.45, 2.75) is 25.3 Å². The molecule has 1 aromatic heterocycles. The van der Waals surface area contributed by atoms with Gasteiger partial charge >= 0.3 is 0 Å². The van der Waals surface area contributed by atoms with E-state index in [1.54, 1.807) is 29.2 Å². The normalized spacial score (nSPS) is 17.7. The zero-order chi connectivity index (χ0) is 25.5. The van der Waals surface area contributed by atoms with Gasteiger partial charge in [-0.3, -0.25) is 15.0 Å². The zero-order valence-electron chi connectivity index (χ0n) is 19.7. The van der Waals surface area contributed by atoms with Gasteiger partial charge in [0.2, 0.25) is 11.9 Å². The summed E-state index contributed by atoms with van der Waals surface area (Å²) < 4.78 is 5.30. The molecular weight excluding hydrogens is 464 g/mol. The molecule has 5 N–H and O–H groups in total. The molecule has 4 rings (SSSR count). The van der Waals surface area contributed by atoms with Crippen LogP contribution in [-0.2, 0) is 9.53 Å². The number of morpholine rings is 1. The number of rotatable bonds is 7. The van der Waals surface area contributed by atoms with Crippen molar-refractivity contribution in [1.82, 2.24) is 25.4 Å². The lowest BCUT2D eigenvalue weighted by Crippen LogP contribution is -2.48. The van der Waals surface area contributed by atoms with Crippen LogP contribution in [0.5, 0.6) is 0 Å². The maximum atomic E-state index is 12.7. The minimum Gasteiger partial charge on any atom is -0.382 e. The first-order valence-corrected chi connectivity index (χ1v) is 11.7. The van der Waals surface area contributed by atoms with Crippen molar-refractivity contribution in [3.63, 3.8) is 0 Å². The summed E-state index contributed by atoms with van der Waals surface area (Å²) >= 11 is 0. The number of nitrogen functional groups attached to an aromatic ring is 1. The monoisotopic (exact) mass is 492 g/mol. The van der Waals surface area contributed by atoms with Gasteiger partial charge in [-0.2, -0.15) is 10.2 Å². The number of aromatic nitrogens is 3. The molecule has 0 bridgehead atoms. The molecule has 3 heterocycles. The number of hydrogen-bond donors (Lipinski definition) is 4. The number of carbonyl (C=O) groups excluding carboxylic acids is 2. The topological polar surface area (TPSA) is 186 Å². The molecule has 13 heteroatoms. The summed E-state index contributed by atoms with van der Waals surface area (Å²) in [6.45, 7) is 3.34. The van der Waals surface area contributed by atoms with E-state index < -0.39 is 0 Å². The Labute approximate surface area is 208 Å². The van der Waals surface area contributed by atoms with Crippen molar-refractivity contribution in [3.8, 4) is 6.07 Å². The smallest absolute Gasteiger partial charge is 0.254 e. The predicted molar refractivity (Wildman–Crippen MR) is 131 cm³/mol. The predicted octanol–water partition coefficient (Wildman–Crippen LogP) is 0.370. The van der Waals surface area contributed by atoms with Gasteiger partial charge < -0.3 is 30.9 Å². The van der Waals surface area contributed by atoms with Crippen molar-refractivity contribution in [3.05, 3.63) is 35.5 Å². The third-order valence-corrected chi connectivity index (χ3v) is 5.93. The van der Waals surface area contributed by atoms with Crippen LogP contribution in [0.3, 0.4) is 0 Å².